The molecule has 5 heteroatoms. The summed E-state index contributed by atoms with van der Waals surface area (Å²) in [5, 5.41) is 0. The van der Waals surface area contributed by atoms with Crippen LogP contribution in [0, 0.1) is 0 Å². The van der Waals surface area contributed by atoms with Crippen LogP contribution in [0.3, 0.4) is 0 Å². The van der Waals surface area contributed by atoms with Gasteiger partial charge >= 0.3 is 13.1 Å². The van der Waals surface area contributed by atoms with Gasteiger partial charge in [0.05, 0.1) is 18.3 Å². The van der Waals surface area contributed by atoms with Crippen LogP contribution in [0.15, 0.2) is 30.3 Å². The Balaban J connectivity index is 2.10. The number of carbonyl (C=O) groups excluding carboxylic acids is 1. The van der Waals surface area contributed by atoms with Gasteiger partial charge in [-0.2, -0.15) is 0 Å². The first-order valence-electron chi connectivity index (χ1n) is 6.97. The molecule has 2 rings (SSSR count). The molecule has 0 radical (unpaired) electrons. The second-order valence-corrected chi connectivity index (χ2v) is 6.11. The van der Waals surface area contributed by atoms with Gasteiger partial charge in [0.15, 0.2) is 0 Å². The van der Waals surface area contributed by atoms with Crippen LogP contribution in [-0.2, 0) is 18.8 Å². The standard InChI is InChI=1S/C16H21BO4/c1-15(2)16(3,4)21-17(20-15)13-9-6-12(7-10-13)8-11-14(18)19-5/h6-11H,1-5H3/b11-8+. The van der Waals surface area contributed by atoms with Crippen LogP contribution in [0.2, 0.25) is 0 Å². The van der Waals surface area contributed by atoms with Crippen molar-refractivity contribution in [2.24, 2.45) is 0 Å². The summed E-state index contributed by atoms with van der Waals surface area (Å²) in [6.07, 6.45) is 3.10. The first-order chi connectivity index (χ1) is 9.75. The summed E-state index contributed by atoms with van der Waals surface area (Å²) in [5.41, 5.74) is 1.19. The maximum atomic E-state index is 11.1. The number of hydrogen-bond acceptors (Lipinski definition) is 4. The molecule has 1 fully saturated rings. The summed E-state index contributed by atoms with van der Waals surface area (Å²) < 4.78 is 16.5. The lowest BCUT2D eigenvalue weighted by atomic mass is 9.79. The third-order valence-corrected chi connectivity index (χ3v) is 4.07. The molecule has 112 valence electrons. The summed E-state index contributed by atoms with van der Waals surface area (Å²) in [5.74, 6) is -0.370. The quantitative estimate of drug-likeness (QED) is 0.486. The van der Waals surface area contributed by atoms with E-state index < -0.39 is 0 Å². The molecule has 0 spiro atoms. The van der Waals surface area contributed by atoms with Gasteiger partial charge in [0.25, 0.3) is 0 Å². The molecule has 1 aliphatic rings. The number of carbonyl (C=O) groups is 1. The second-order valence-electron chi connectivity index (χ2n) is 6.11. The van der Waals surface area contributed by atoms with E-state index >= 15 is 0 Å². The van der Waals surface area contributed by atoms with E-state index in [1.54, 1.807) is 6.08 Å². The first-order valence-corrected chi connectivity index (χ1v) is 6.97. The normalized spacial score (nSPS) is 20.0. The summed E-state index contributed by atoms with van der Waals surface area (Å²) in [4.78, 5) is 11.1. The lowest BCUT2D eigenvalue weighted by Crippen LogP contribution is -2.41. The van der Waals surface area contributed by atoms with Crippen LogP contribution >= 0.6 is 0 Å². The Bertz CT molecular complexity index is 530. The molecular formula is C16H21BO4. The number of rotatable bonds is 3. The Kier molecular flexibility index (Phi) is 4.26. The number of esters is 1. The maximum Gasteiger partial charge on any atom is 0.494 e. The molecule has 0 unspecified atom stereocenters. The van der Waals surface area contributed by atoms with Gasteiger partial charge in [-0.1, -0.05) is 24.3 Å². The highest BCUT2D eigenvalue weighted by Gasteiger charge is 2.51. The lowest BCUT2D eigenvalue weighted by molar-refractivity contribution is -0.134. The van der Waals surface area contributed by atoms with Crippen molar-refractivity contribution in [3.63, 3.8) is 0 Å². The predicted molar refractivity (Wildman–Crippen MR) is 83.2 cm³/mol. The van der Waals surface area contributed by atoms with E-state index in [4.69, 9.17) is 9.31 Å². The van der Waals surface area contributed by atoms with Crippen LogP contribution in [0.5, 0.6) is 0 Å². The summed E-state index contributed by atoms with van der Waals surface area (Å²) in [7, 11) is 0.988. The van der Waals surface area contributed by atoms with Gasteiger partial charge < -0.3 is 14.0 Å². The van der Waals surface area contributed by atoms with Gasteiger partial charge in [-0.05, 0) is 44.8 Å². The van der Waals surface area contributed by atoms with E-state index in [-0.39, 0.29) is 24.3 Å². The van der Waals surface area contributed by atoms with Gasteiger partial charge in [0, 0.05) is 6.08 Å². The highest BCUT2D eigenvalue weighted by atomic mass is 16.7. The minimum atomic E-state index is -0.370. The van der Waals surface area contributed by atoms with E-state index in [0.29, 0.717) is 0 Å². The van der Waals surface area contributed by atoms with Gasteiger partial charge in [-0.25, -0.2) is 4.79 Å². The topological polar surface area (TPSA) is 44.8 Å². The van der Waals surface area contributed by atoms with E-state index in [2.05, 4.69) is 4.74 Å². The maximum absolute atomic E-state index is 11.1. The van der Waals surface area contributed by atoms with E-state index in [9.17, 15) is 4.79 Å². The SMILES string of the molecule is COC(=O)/C=C/c1ccc(B2OC(C)(C)C(C)(C)O2)cc1. The first kappa shape index (κ1) is 15.8. The average molecular weight is 288 g/mol. The average Bonchev–Trinajstić information content (AvgIpc) is 2.65. The molecule has 1 saturated heterocycles. The molecule has 1 aliphatic heterocycles. The molecule has 0 atom stereocenters. The van der Waals surface area contributed by atoms with Crippen molar-refractivity contribution >= 4 is 24.6 Å². The fraction of sp³-hybridized carbons (Fsp3) is 0.438. The van der Waals surface area contributed by atoms with Crippen molar-refractivity contribution in [1.29, 1.82) is 0 Å². The molecule has 1 aromatic rings. The Morgan fingerprint density at radius 1 is 1.10 bits per heavy atom. The number of methoxy groups -OCH3 is 1. The van der Waals surface area contributed by atoms with E-state index in [1.807, 2.05) is 52.0 Å². The fourth-order valence-corrected chi connectivity index (χ4v) is 1.98. The van der Waals surface area contributed by atoms with Crippen molar-refractivity contribution < 1.29 is 18.8 Å². The van der Waals surface area contributed by atoms with Gasteiger partial charge in [0.2, 0.25) is 0 Å². The fourth-order valence-electron chi connectivity index (χ4n) is 1.98. The minimum absolute atomic E-state index is 0.346. The van der Waals surface area contributed by atoms with Crippen LogP contribution < -0.4 is 5.46 Å². The van der Waals surface area contributed by atoms with Crippen LogP contribution in [0.1, 0.15) is 33.3 Å². The molecule has 0 N–H and O–H groups in total. The smallest absolute Gasteiger partial charge is 0.466 e. The molecular weight excluding hydrogens is 267 g/mol. The van der Waals surface area contributed by atoms with Gasteiger partial charge in [0.1, 0.15) is 0 Å². The molecule has 1 heterocycles. The third kappa shape index (κ3) is 3.36. The van der Waals surface area contributed by atoms with Crippen molar-refractivity contribution in [1.82, 2.24) is 0 Å². The third-order valence-electron chi connectivity index (χ3n) is 4.07. The Labute approximate surface area is 126 Å². The van der Waals surface area contributed by atoms with Crippen LogP contribution in [0.4, 0.5) is 0 Å². The van der Waals surface area contributed by atoms with Crippen LogP contribution in [-0.4, -0.2) is 31.4 Å². The van der Waals surface area contributed by atoms with Crippen molar-refractivity contribution in [3.05, 3.63) is 35.9 Å². The largest absolute Gasteiger partial charge is 0.494 e. The zero-order valence-corrected chi connectivity index (χ0v) is 13.2. The van der Waals surface area contributed by atoms with Crippen molar-refractivity contribution in [2.75, 3.05) is 7.11 Å². The zero-order valence-electron chi connectivity index (χ0n) is 13.2. The summed E-state index contributed by atoms with van der Waals surface area (Å²) in [6.45, 7) is 8.11. The molecule has 0 aliphatic carbocycles. The Hall–Kier alpha value is -1.59. The van der Waals surface area contributed by atoms with Gasteiger partial charge in [-0.15, -0.1) is 0 Å². The number of benzene rings is 1. The number of hydrogen-bond donors (Lipinski definition) is 0. The molecule has 21 heavy (non-hydrogen) atoms. The summed E-state index contributed by atoms with van der Waals surface area (Å²) >= 11 is 0. The van der Waals surface area contributed by atoms with Gasteiger partial charge in [-0.3, -0.25) is 0 Å². The Morgan fingerprint density at radius 3 is 2.10 bits per heavy atom. The molecule has 0 saturated carbocycles. The van der Waals surface area contributed by atoms with Crippen molar-refractivity contribution in [3.8, 4) is 0 Å². The molecule has 0 aromatic heterocycles. The predicted octanol–water partition coefficient (Wildman–Crippen LogP) is 2.17. The van der Waals surface area contributed by atoms with Crippen LogP contribution in [0.25, 0.3) is 6.08 Å². The lowest BCUT2D eigenvalue weighted by Gasteiger charge is -2.32. The molecule has 0 bridgehead atoms. The highest BCUT2D eigenvalue weighted by Crippen LogP contribution is 2.36. The number of ether oxygens (including phenoxy) is 1. The van der Waals surface area contributed by atoms with E-state index in [0.717, 1.165) is 11.0 Å². The monoisotopic (exact) mass is 288 g/mol. The van der Waals surface area contributed by atoms with Crippen molar-refractivity contribution in [2.45, 2.75) is 38.9 Å². The molecule has 4 nitrogen and oxygen atoms in total. The van der Waals surface area contributed by atoms with E-state index in [1.165, 1.54) is 13.2 Å². The Morgan fingerprint density at radius 2 is 1.62 bits per heavy atom. The highest BCUT2D eigenvalue weighted by molar-refractivity contribution is 6.62. The minimum Gasteiger partial charge on any atom is -0.466 e. The molecule has 0 amide bonds. The zero-order chi connectivity index (χ0) is 15.7. The summed E-state index contributed by atoms with van der Waals surface area (Å²) in [6, 6.07) is 7.72. The second kappa shape index (κ2) is 5.66. The molecule has 1 aromatic carbocycles.